The van der Waals surface area contributed by atoms with Crippen molar-refractivity contribution in [2.45, 2.75) is 45.2 Å². The largest absolute Gasteiger partial charge is 0.313 e. The summed E-state index contributed by atoms with van der Waals surface area (Å²) in [7, 11) is 0. The highest BCUT2D eigenvalue weighted by atomic mass is 35.5. The SMILES string of the molecule is CCCN(Cc1cccc(Cl)c1)CC1CCCCN1. The summed E-state index contributed by atoms with van der Waals surface area (Å²) in [5.74, 6) is 0. The van der Waals surface area contributed by atoms with Gasteiger partial charge in [0.05, 0.1) is 0 Å². The average molecular weight is 281 g/mol. The van der Waals surface area contributed by atoms with Crippen LogP contribution in [0, 0.1) is 0 Å². The van der Waals surface area contributed by atoms with E-state index in [-0.39, 0.29) is 0 Å². The zero-order chi connectivity index (χ0) is 13.5. The first-order valence-corrected chi connectivity index (χ1v) is 7.86. The van der Waals surface area contributed by atoms with Gasteiger partial charge < -0.3 is 5.32 Å². The van der Waals surface area contributed by atoms with Gasteiger partial charge in [0.25, 0.3) is 0 Å². The van der Waals surface area contributed by atoms with Crippen LogP contribution in [0.4, 0.5) is 0 Å². The lowest BCUT2D eigenvalue weighted by Crippen LogP contribution is -2.43. The van der Waals surface area contributed by atoms with Gasteiger partial charge >= 0.3 is 0 Å². The Bertz CT molecular complexity index is 375. The fourth-order valence-corrected chi connectivity index (χ4v) is 3.05. The number of rotatable bonds is 6. The quantitative estimate of drug-likeness (QED) is 0.855. The molecule has 2 nitrogen and oxygen atoms in total. The van der Waals surface area contributed by atoms with Crippen LogP contribution >= 0.6 is 11.6 Å². The maximum atomic E-state index is 6.07. The molecule has 1 unspecified atom stereocenters. The van der Waals surface area contributed by atoms with Crippen LogP contribution in [0.25, 0.3) is 0 Å². The van der Waals surface area contributed by atoms with Crippen LogP contribution in [-0.2, 0) is 6.54 Å². The Morgan fingerprint density at radius 1 is 1.37 bits per heavy atom. The van der Waals surface area contributed by atoms with E-state index in [1.165, 1.54) is 37.8 Å². The molecule has 1 fully saturated rings. The third-order valence-electron chi connectivity index (χ3n) is 3.73. The molecule has 0 aromatic heterocycles. The second-order valence-electron chi connectivity index (χ2n) is 5.51. The van der Waals surface area contributed by atoms with Gasteiger partial charge in [-0.05, 0) is 50.0 Å². The molecule has 0 amide bonds. The summed E-state index contributed by atoms with van der Waals surface area (Å²) in [6, 6.07) is 8.90. The van der Waals surface area contributed by atoms with Gasteiger partial charge in [-0.25, -0.2) is 0 Å². The van der Waals surface area contributed by atoms with Gasteiger partial charge in [-0.3, -0.25) is 4.90 Å². The summed E-state index contributed by atoms with van der Waals surface area (Å²) in [5.41, 5.74) is 1.32. The van der Waals surface area contributed by atoms with Crippen LogP contribution in [0.1, 0.15) is 38.2 Å². The van der Waals surface area contributed by atoms with Crippen LogP contribution in [0.15, 0.2) is 24.3 Å². The molecule has 1 saturated heterocycles. The number of halogens is 1. The fourth-order valence-electron chi connectivity index (χ4n) is 2.84. The molecule has 1 aliphatic heterocycles. The van der Waals surface area contributed by atoms with Crippen LogP contribution < -0.4 is 5.32 Å². The molecule has 0 saturated carbocycles. The van der Waals surface area contributed by atoms with Crippen molar-refractivity contribution in [1.82, 2.24) is 10.2 Å². The first-order chi connectivity index (χ1) is 9.28. The summed E-state index contributed by atoms with van der Waals surface area (Å²) in [6.07, 6.45) is 5.22. The molecule has 3 heteroatoms. The molecule has 0 aliphatic carbocycles. The molecule has 0 bridgehead atoms. The zero-order valence-electron chi connectivity index (χ0n) is 11.9. The topological polar surface area (TPSA) is 15.3 Å². The number of hydrogen-bond donors (Lipinski definition) is 1. The van der Waals surface area contributed by atoms with Gasteiger partial charge in [0.15, 0.2) is 0 Å². The van der Waals surface area contributed by atoms with Crippen molar-refractivity contribution in [1.29, 1.82) is 0 Å². The van der Waals surface area contributed by atoms with E-state index in [9.17, 15) is 0 Å². The molecule has 1 heterocycles. The predicted octanol–water partition coefficient (Wildman–Crippen LogP) is 3.69. The first-order valence-electron chi connectivity index (χ1n) is 7.48. The summed E-state index contributed by atoms with van der Waals surface area (Å²) >= 11 is 6.07. The van der Waals surface area contributed by atoms with Crippen LogP contribution in [0.3, 0.4) is 0 Å². The number of piperidine rings is 1. The van der Waals surface area contributed by atoms with E-state index in [4.69, 9.17) is 11.6 Å². The maximum absolute atomic E-state index is 6.07. The lowest BCUT2D eigenvalue weighted by Gasteiger charge is -2.30. The van der Waals surface area contributed by atoms with E-state index in [1.807, 2.05) is 12.1 Å². The molecule has 1 aromatic carbocycles. The fraction of sp³-hybridized carbons (Fsp3) is 0.625. The Hall–Kier alpha value is -0.570. The van der Waals surface area contributed by atoms with Crippen molar-refractivity contribution in [3.63, 3.8) is 0 Å². The lowest BCUT2D eigenvalue weighted by atomic mass is 10.0. The van der Waals surface area contributed by atoms with E-state index in [1.54, 1.807) is 0 Å². The van der Waals surface area contributed by atoms with Crippen LogP contribution in [0.2, 0.25) is 5.02 Å². The second-order valence-corrected chi connectivity index (χ2v) is 5.95. The molecule has 0 spiro atoms. The van der Waals surface area contributed by atoms with Crippen LogP contribution in [-0.4, -0.2) is 30.6 Å². The van der Waals surface area contributed by atoms with Gasteiger partial charge in [-0.1, -0.05) is 37.1 Å². The molecular formula is C16H25ClN2. The first kappa shape index (κ1) is 14.8. The number of benzene rings is 1. The van der Waals surface area contributed by atoms with Crippen molar-refractivity contribution in [3.05, 3.63) is 34.9 Å². The Morgan fingerprint density at radius 3 is 2.95 bits per heavy atom. The van der Waals surface area contributed by atoms with Gasteiger partial charge in [0.2, 0.25) is 0 Å². The molecule has 2 rings (SSSR count). The minimum absolute atomic E-state index is 0.666. The van der Waals surface area contributed by atoms with E-state index in [0.717, 1.165) is 24.7 Å². The Balaban J connectivity index is 1.91. The number of nitrogens with one attached hydrogen (secondary N) is 1. The average Bonchev–Trinajstić information content (AvgIpc) is 2.40. The normalized spacial score (nSPS) is 19.8. The standard InChI is InChI=1S/C16H25ClN2/c1-2-10-19(13-16-8-3-4-9-18-16)12-14-6-5-7-15(17)11-14/h5-7,11,16,18H,2-4,8-10,12-13H2,1H3. The molecule has 1 aromatic rings. The van der Waals surface area contributed by atoms with Crippen molar-refractivity contribution in [2.24, 2.45) is 0 Å². The minimum atomic E-state index is 0.666. The van der Waals surface area contributed by atoms with Crippen LogP contribution in [0.5, 0.6) is 0 Å². The van der Waals surface area contributed by atoms with Gasteiger partial charge in [0.1, 0.15) is 0 Å². The second kappa shape index (κ2) is 7.88. The van der Waals surface area contributed by atoms with Crippen molar-refractivity contribution < 1.29 is 0 Å². The number of hydrogen-bond acceptors (Lipinski definition) is 2. The van der Waals surface area contributed by atoms with Crippen molar-refractivity contribution in [2.75, 3.05) is 19.6 Å². The number of nitrogens with zero attached hydrogens (tertiary/aromatic N) is 1. The highest BCUT2D eigenvalue weighted by Gasteiger charge is 2.16. The van der Waals surface area contributed by atoms with Gasteiger partial charge in [-0.2, -0.15) is 0 Å². The maximum Gasteiger partial charge on any atom is 0.0409 e. The lowest BCUT2D eigenvalue weighted by molar-refractivity contribution is 0.217. The Kier molecular flexibility index (Phi) is 6.15. The predicted molar refractivity (Wildman–Crippen MR) is 82.7 cm³/mol. The molecule has 1 atom stereocenters. The summed E-state index contributed by atoms with van der Waals surface area (Å²) in [4.78, 5) is 2.55. The van der Waals surface area contributed by atoms with E-state index in [0.29, 0.717) is 6.04 Å². The molecule has 1 aliphatic rings. The summed E-state index contributed by atoms with van der Waals surface area (Å²) in [6.45, 7) is 6.75. The smallest absolute Gasteiger partial charge is 0.0409 e. The van der Waals surface area contributed by atoms with Gasteiger partial charge in [0, 0.05) is 24.2 Å². The molecular weight excluding hydrogens is 256 g/mol. The monoisotopic (exact) mass is 280 g/mol. The highest BCUT2D eigenvalue weighted by molar-refractivity contribution is 6.30. The van der Waals surface area contributed by atoms with Gasteiger partial charge in [-0.15, -0.1) is 0 Å². The summed E-state index contributed by atoms with van der Waals surface area (Å²) < 4.78 is 0. The molecule has 1 N–H and O–H groups in total. The third kappa shape index (κ3) is 5.13. The Labute approximate surface area is 122 Å². The third-order valence-corrected chi connectivity index (χ3v) is 3.96. The molecule has 19 heavy (non-hydrogen) atoms. The minimum Gasteiger partial charge on any atom is -0.313 e. The molecule has 0 radical (unpaired) electrons. The van der Waals surface area contributed by atoms with E-state index in [2.05, 4.69) is 29.3 Å². The Morgan fingerprint density at radius 2 is 2.26 bits per heavy atom. The summed E-state index contributed by atoms with van der Waals surface area (Å²) in [5, 5.41) is 4.48. The van der Waals surface area contributed by atoms with E-state index < -0.39 is 0 Å². The van der Waals surface area contributed by atoms with Crippen molar-refractivity contribution >= 4 is 11.6 Å². The zero-order valence-corrected chi connectivity index (χ0v) is 12.6. The van der Waals surface area contributed by atoms with Crippen molar-refractivity contribution in [3.8, 4) is 0 Å². The van der Waals surface area contributed by atoms with E-state index >= 15 is 0 Å². The highest BCUT2D eigenvalue weighted by Crippen LogP contribution is 2.15. The molecule has 106 valence electrons.